The van der Waals surface area contributed by atoms with Gasteiger partial charge in [-0.25, -0.2) is 0 Å². The average Bonchev–Trinajstić information content (AvgIpc) is 2.83. The molecule has 3 aromatic carbocycles. The summed E-state index contributed by atoms with van der Waals surface area (Å²) in [6.45, 7) is 7.13. The van der Waals surface area contributed by atoms with Crippen LogP contribution in [0.4, 0.5) is 0 Å². The first-order chi connectivity index (χ1) is 16.0. The molecule has 0 bridgehead atoms. The molecule has 0 aromatic heterocycles. The molecule has 1 unspecified atom stereocenters. The Balaban J connectivity index is 1.93. The lowest BCUT2D eigenvalue weighted by Crippen LogP contribution is -2.51. The summed E-state index contributed by atoms with van der Waals surface area (Å²) < 4.78 is 0. The Hall–Kier alpha value is -3.40. The van der Waals surface area contributed by atoms with Crippen LogP contribution in [0.1, 0.15) is 41.2 Å². The lowest BCUT2D eigenvalue weighted by Gasteiger charge is -2.31. The molecule has 3 aromatic rings. The molecule has 1 atom stereocenters. The van der Waals surface area contributed by atoms with E-state index in [4.69, 9.17) is 0 Å². The van der Waals surface area contributed by atoms with Crippen molar-refractivity contribution in [2.45, 2.75) is 52.6 Å². The van der Waals surface area contributed by atoms with Crippen molar-refractivity contribution in [2.75, 3.05) is 6.54 Å². The van der Waals surface area contributed by atoms with Gasteiger partial charge in [0, 0.05) is 19.5 Å². The maximum absolute atomic E-state index is 13.7. The third kappa shape index (κ3) is 7.04. The van der Waals surface area contributed by atoms with Crippen molar-refractivity contribution in [3.63, 3.8) is 0 Å². The number of hydrogen-bond donors (Lipinski definition) is 1. The van der Waals surface area contributed by atoms with Gasteiger partial charge in [-0.3, -0.25) is 9.59 Å². The highest BCUT2D eigenvalue weighted by molar-refractivity contribution is 5.88. The molecule has 0 heterocycles. The van der Waals surface area contributed by atoms with Gasteiger partial charge < -0.3 is 10.2 Å². The SMILES string of the molecule is CCCNC(=O)C(Cc1ccccc1)N(Cc1ccccc1)C(=O)Cc1ccc(C)c(C)c1. The molecule has 0 radical (unpaired) electrons. The van der Waals surface area contributed by atoms with Crippen molar-refractivity contribution in [2.24, 2.45) is 0 Å². The number of aryl methyl sites for hydroxylation is 2. The summed E-state index contributed by atoms with van der Waals surface area (Å²) in [7, 11) is 0. The largest absolute Gasteiger partial charge is 0.354 e. The minimum absolute atomic E-state index is 0.0466. The highest BCUT2D eigenvalue weighted by Gasteiger charge is 2.30. The maximum Gasteiger partial charge on any atom is 0.243 e. The van der Waals surface area contributed by atoms with Crippen LogP contribution in [0.2, 0.25) is 0 Å². The molecule has 4 nitrogen and oxygen atoms in total. The smallest absolute Gasteiger partial charge is 0.243 e. The second-order valence-corrected chi connectivity index (χ2v) is 8.60. The average molecular weight is 443 g/mol. The molecule has 172 valence electrons. The predicted molar refractivity (Wildman–Crippen MR) is 134 cm³/mol. The third-order valence-corrected chi connectivity index (χ3v) is 5.94. The molecular weight excluding hydrogens is 408 g/mol. The normalized spacial score (nSPS) is 11.6. The molecule has 2 amide bonds. The van der Waals surface area contributed by atoms with Crippen LogP contribution in [0.5, 0.6) is 0 Å². The van der Waals surface area contributed by atoms with Crippen molar-refractivity contribution in [3.8, 4) is 0 Å². The Labute approximate surface area is 197 Å². The Bertz CT molecular complexity index is 1050. The van der Waals surface area contributed by atoms with Crippen LogP contribution in [0.25, 0.3) is 0 Å². The van der Waals surface area contributed by atoms with Crippen LogP contribution >= 0.6 is 0 Å². The summed E-state index contributed by atoms with van der Waals surface area (Å²) in [5.41, 5.74) is 5.37. The van der Waals surface area contributed by atoms with Crippen molar-refractivity contribution >= 4 is 11.8 Å². The number of rotatable bonds is 10. The first-order valence-corrected chi connectivity index (χ1v) is 11.7. The van der Waals surface area contributed by atoms with Crippen molar-refractivity contribution in [3.05, 3.63) is 107 Å². The first-order valence-electron chi connectivity index (χ1n) is 11.7. The van der Waals surface area contributed by atoms with Crippen LogP contribution in [0, 0.1) is 13.8 Å². The fraction of sp³-hybridized carbons (Fsp3) is 0.310. The summed E-state index contributed by atoms with van der Waals surface area (Å²) >= 11 is 0. The van der Waals surface area contributed by atoms with Gasteiger partial charge in [0.1, 0.15) is 6.04 Å². The van der Waals surface area contributed by atoms with Gasteiger partial charge in [-0.15, -0.1) is 0 Å². The highest BCUT2D eigenvalue weighted by atomic mass is 16.2. The first kappa shape index (κ1) is 24.2. The Morgan fingerprint density at radius 3 is 2.06 bits per heavy atom. The number of nitrogens with zero attached hydrogens (tertiary/aromatic N) is 1. The molecule has 0 aliphatic rings. The van der Waals surface area contributed by atoms with Crippen LogP contribution in [0.3, 0.4) is 0 Å². The van der Waals surface area contributed by atoms with Crippen molar-refractivity contribution < 1.29 is 9.59 Å². The summed E-state index contributed by atoms with van der Waals surface area (Å²) in [5, 5.41) is 3.02. The molecule has 0 spiro atoms. The number of carbonyl (C=O) groups is 2. The van der Waals surface area contributed by atoms with Crippen molar-refractivity contribution in [1.82, 2.24) is 10.2 Å². The van der Waals surface area contributed by atoms with E-state index in [2.05, 4.69) is 31.3 Å². The second kappa shape index (κ2) is 12.0. The zero-order chi connectivity index (χ0) is 23.6. The maximum atomic E-state index is 13.7. The number of carbonyl (C=O) groups excluding carboxylic acids is 2. The van der Waals surface area contributed by atoms with Gasteiger partial charge >= 0.3 is 0 Å². The number of benzene rings is 3. The summed E-state index contributed by atoms with van der Waals surface area (Å²) in [6, 6.07) is 25.3. The molecule has 33 heavy (non-hydrogen) atoms. The lowest BCUT2D eigenvalue weighted by molar-refractivity contribution is -0.140. The topological polar surface area (TPSA) is 49.4 Å². The van der Waals surface area contributed by atoms with Crippen LogP contribution in [-0.4, -0.2) is 29.3 Å². The van der Waals surface area contributed by atoms with Gasteiger partial charge in [-0.1, -0.05) is 85.8 Å². The molecule has 0 saturated heterocycles. The van der Waals surface area contributed by atoms with Gasteiger partial charge in [-0.2, -0.15) is 0 Å². The second-order valence-electron chi connectivity index (χ2n) is 8.60. The van der Waals surface area contributed by atoms with Gasteiger partial charge in [0.15, 0.2) is 0 Å². The zero-order valence-corrected chi connectivity index (χ0v) is 19.9. The predicted octanol–water partition coefficient (Wildman–Crippen LogP) is 5.01. The fourth-order valence-corrected chi connectivity index (χ4v) is 3.89. The quantitative estimate of drug-likeness (QED) is 0.480. The molecule has 1 N–H and O–H groups in total. The molecule has 0 aliphatic carbocycles. The monoisotopic (exact) mass is 442 g/mol. The lowest BCUT2D eigenvalue weighted by atomic mass is 10.00. The minimum atomic E-state index is -0.585. The number of nitrogens with one attached hydrogen (secondary N) is 1. The molecule has 0 aliphatic heterocycles. The zero-order valence-electron chi connectivity index (χ0n) is 19.9. The van der Waals surface area contributed by atoms with E-state index in [-0.39, 0.29) is 18.2 Å². The Morgan fingerprint density at radius 1 is 0.818 bits per heavy atom. The van der Waals surface area contributed by atoms with E-state index in [9.17, 15) is 9.59 Å². The van der Waals surface area contributed by atoms with E-state index in [1.165, 1.54) is 5.56 Å². The van der Waals surface area contributed by atoms with Gasteiger partial charge in [0.25, 0.3) is 0 Å². The molecular formula is C29H34N2O2. The van der Waals surface area contributed by atoms with E-state index in [1.807, 2.05) is 73.7 Å². The summed E-state index contributed by atoms with van der Waals surface area (Å²) in [6.07, 6.45) is 1.58. The van der Waals surface area contributed by atoms with Crippen LogP contribution < -0.4 is 5.32 Å². The van der Waals surface area contributed by atoms with E-state index >= 15 is 0 Å². The van der Waals surface area contributed by atoms with Gasteiger partial charge in [-0.05, 0) is 48.1 Å². The number of amides is 2. The number of hydrogen-bond acceptors (Lipinski definition) is 2. The third-order valence-electron chi connectivity index (χ3n) is 5.94. The fourth-order valence-electron chi connectivity index (χ4n) is 3.89. The van der Waals surface area contributed by atoms with Crippen LogP contribution in [0.15, 0.2) is 78.9 Å². The highest BCUT2D eigenvalue weighted by Crippen LogP contribution is 2.18. The van der Waals surface area contributed by atoms with E-state index < -0.39 is 6.04 Å². The van der Waals surface area contributed by atoms with E-state index in [0.29, 0.717) is 19.5 Å². The van der Waals surface area contributed by atoms with Crippen molar-refractivity contribution in [1.29, 1.82) is 0 Å². The molecule has 0 fully saturated rings. The molecule has 4 heteroatoms. The van der Waals surface area contributed by atoms with E-state index in [0.717, 1.165) is 28.7 Å². The molecule has 0 saturated carbocycles. The van der Waals surface area contributed by atoms with Gasteiger partial charge in [0.05, 0.1) is 6.42 Å². The summed E-state index contributed by atoms with van der Waals surface area (Å²) in [5.74, 6) is -0.153. The van der Waals surface area contributed by atoms with Gasteiger partial charge in [0.2, 0.25) is 11.8 Å². The van der Waals surface area contributed by atoms with E-state index in [1.54, 1.807) is 4.90 Å². The molecule has 3 rings (SSSR count). The Morgan fingerprint density at radius 2 is 1.45 bits per heavy atom. The Kier molecular flexibility index (Phi) is 8.82. The summed E-state index contributed by atoms with van der Waals surface area (Å²) in [4.78, 5) is 28.7. The minimum Gasteiger partial charge on any atom is -0.354 e. The standard InChI is InChI=1S/C29H34N2O2/c1-4-17-30-29(33)27(19-24-11-7-5-8-12-24)31(21-25-13-9-6-10-14-25)28(32)20-26-16-15-22(2)23(3)18-26/h5-16,18,27H,4,17,19-21H2,1-3H3,(H,30,33). The van der Waals surface area contributed by atoms with Crippen LogP contribution in [-0.2, 0) is 29.0 Å².